The Morgan fingerprint density at radius 2 is 1.97 bits per heavy atom. The molecule has 2 amide bonds. The smallest absolute Gasteiger partial charge is 0.270 e. The van der Waals surface area contributed by atoms with E-state index in [9.17, 15) is 19.7 Å². The lowest BCUT2D eigenvalue weighted by molar-refractivity contribution is -0.384. The van der Waals surface area contributed by atoms with E-state index in [1.54, 1.807) is 35.7 Å². The highest BCUT2D eigenvalue weighted by molar-refractivity contribution is 8.00. The summed E-state index contributed by atoms with van der Waals surface area (Å²) >= 11 is 2.52. The molecule has 2 aromatic carbocycles. The number of nitro benzene ring substituents is 1. The van der Waals surface area contributed by atoms with Crippen LogP contribution in [-0.4, -0.2) is 33.5 Å². The number of thioether (sulfide) groups is 1. The summed E-state index contributed by atoms with van der Waals surface area (Å²) in [6, 6.07) is 13.3. The first-order valence-electron chi connectivity index (χ1n) is 9.36. The molecule has 31 heavy (non-hydrogen) atoms. The standard InChI is InChI=1S/C21H20N4O4S2/c1-13(2)22-19(26)12-30-18-9-4-3-8-16(18)20(27)24-21-23-17(11-31-21)14-6-5-7-15(10-14)25(28)29/h3-11,13H,12H2,1-2H3,(H,22,26)(H,23,24,27). The predicted octanol–water partition coefficient (Wildman–Crippen LogP) is 4.59. The van der Waals surface area contributed by atoms with E-state index in [4.69, 9.17) is 0 Å². The maximum absolute atomic E-state index is 12.8. The molecule has 8 nitrogen and oxygen atoms in total. The van der Waals surface area contributed by atoms with Gasteiger partial charge in [0.15, 0.2) is 5.13 Å². The molecule has 0 aliphatic heterocycles. The van der Waals surface area contributed by atoms with Gasteiger partial charge in [-0.15, -0.1) is 23.1 Å². The van der Waals surface area contributed by atoms with Gasteiger partial charge in [0, 0.05) is 34.0 Å². The maximum Gasteiger partial charge on any atom is 0.270 e. The zero-order valence-corrected chi connectivity index (χ0v) is 18.5. The van der Waals surface area contributed by atoms with Gasteiger partial charge in [0.2, 0.25) is 5.91 Å². The van der Waals surface area contributed by atoms with Crippen LogP contribution in [0.4, 0.5) is 10.8 Å². The van der Waals surface area contributed by atoms with Crippen LogP contribution in [0.2, 0.25) is 0 Å². The van der Waals surface area contributed by atoms with Crippen LogP contribution in [0.1, 0.15) is 24.2 Å². The van der Waals surface area contributed by atoms with Crippen LogP contribution in [0, 0.1) is 10.1 Å². The fourth-order valence-electron chi connectivity index (χ4n) is 2.69. The normalized spacial score (nSPS) is 10.7. The Morgan fingerprint density at radius 3 is 2.71 bits per heavy atom. The Morgan fingerprint density at radius 1 is 1.19 bits per heavy atom. The summed E-state index contributed by atoms with van der Waals surface area (Å²) in [7, 11) is 0. The molecule has 1 aromatic heterocycles. The lowest BCUT2D eigenvalue weighted by Crippen LogP contribution is -2.31. The Kier molecular flexibility index (Phi) is 7.37. The van der Waals surface area contributed by atoms with Gasteiger partial charge in [-0.2, -0.15) is 0 Å². The van der Waals surface area contributed by atoms with E-state index in [1.165, 1.54) is 35.2 Å². The molecule has 3 aromatic rings. The highest BCUT2D eigenvalue weighted by atomic mass is 32.2. The zero-order chi connectivity index (χ0) is 22.4. The van der Waals surface area contributed by atoms with Gasteiger partial charge in [-0.3, -0.25) is 25.0 Å². The van der Waals surface area contributed by atoms with Crippen molar-refractivity contribution in [3.05, 3.63) is 69.6 Å². The van der Waals surface area contributed by atoms with E-state index in [0.29, 0.717) is 26.8 Å². The van der Waals surface area contributed by atoms with E-state index in [2.05, 4.69) is 15.6 Å². The van der Waals surface area contributed by atoms with Gasteiger partial charge >= 0.3 is 0 Å². The topological polar surface area (TPSA) is 114 Å². The van der Waals surface area contributed by atoms with Crippen LogP contribution in [0.15, 0.2) is 58.8 Å². The van der Waals surface area contributed by atoms with Gasteiger partial charge in [-0.05, 0) is 26.0 Å². The van der Waals surface area contributed by atoms with E-state index < -0.39 is 4.92 Å². The number of benzene rings is 2. The average Bonchev–Trinajstić information content (AvgIpc) is 3.20. The lowest BCUT2D eigenvalue weighted by atomic mass is 10.1. The van der Waals surface area contributed by atoms with Crippen molar-refractivity contribution in [2.24, 2.45) is 0 Å². The summed E-state index contributed by atoms with van der Waals surface area (Å²) in [5.74, 6) is -0.236. The molecule has 1 heterocycles. The quantitative estimate of drug-likeness (QED) is 0.291. The Hall–Kier alpha value is -3.24. The minimum absolute atomic E-state index is 0.0245. The minimum atomic E-state index is -0.464. The fourth-order valence-corrected chi connectivity index (χ4v) is 4.27. The van der Waals surface area contributed by atoms with Gasteiger partial charge in [0.05, 0.1) is 21.9 Å². The van der Waals surface area contributed by atoms with Gasteiger partial charge in [0.1, 0.15) is 0 Å². The molecule has 0 aliphatic rings. The second kappa shape index (κ2) is 10.2. The number of anilines is 1. The molecule has 0 spiro atoms. The van der Waals surface area contributed by atoms with Crippen LogP contribution in [0.3, 0.4) is 0 Å². The van der Waals surface area contributed by atoms with Crippen molar-refractivity contribution in [1.82, 2.24) is 10.3 Å². The Bertz CT molecular complexity index is 1110. The number of nitro groups is 1. The fraction of sp³-hybridized carbons (Fsp3) is 0.190. The number of carbonyl (C=O) groups is 2. The molecular formula is C21H20N4O4S2. The third-order valence-corrected chi connectivity index (χ3v) is 5.85. The molecule has 0 bridgehead atoms. The first-order chi connectivity index (χ1) is 14.8. The van der Waals surface area contributed by atoms with Crippen molar-refractivity contribution in [1.29, 1.82) is 0 Å². The van der Waals surface area contributed by atoms with Crippen LogP contribution < -0.4 is 10.6 Å². The van der Waals surface area contributed by atoms with Gasteiger partial charge in [-0.25, -0.2) is 4.98 Å². The number of nitrogens with one attached hydrogen (secondary N) is 2. The van der Waals surface area contributed by atoms with Crippen molar-refractivity contribution in [3.63, 3.8) is 0 Å². The van der Waals surface area contributed by atoms with Crippen LogP contribution in [-0.2, 0) is 4.79 Å². The largest absolute Gasteiger partial charge is 0.353 e. The summed E-state index contributed by atoms with van der Waals surface area (Å²) in [4.78, 5) is 40.3. The number of hydrogen-bond donors (Lipinski definition) is 2. The van der Waals surface area contributed by atoms with Crippen LogP contribution in [0.5, 0.6) is 0 Å². The molecule has 0 radical (unpaired) electrons. The molecule has 0 saturated carbocycles. The maximum atomic E-state index is 12.8. The third kappa shape index (κ3) is 6.12. The molecule has 0 atom stereocenters. The van der Waals surface area contributed by atoms with Crippen molar-refractivity contribution >= 4 is 45.7 Å². The van der Waals surface area contributed by atoms with Crippen LogP contribution in [0.25, 0.3) is 11.3 Å². The van der Waals surface area contributed by atoms with E-state index in [-0.39, 0.29) is 29.3 Å². The number of nitrogens with zero attached hydrogens (tertiary/aromatic N) is 2. The summed E-state index contributed by atoms with van der Waals surface area (Å²) in [5, 5.41) is 18.7. The number of amides is 2. The highest BCUT2D eigenvalue weighted by Gasteiger charge is 2.16. The predicted molar refractivity (Wildman–Crippen MR) is 123 cm³/mol. The number of thiazole rings is 1. The van der Waals surface area contributed by atoms with Crippen molar-refractivity contribution in [2.45, 2.75) is 24.8 Å². The Balaban J connectivity index is 1.71. The summed E-state index contributed by atoms with van der Waals surface area (Å²) in [5.41, 5.74) is 1.55. The van der Waals surface area contributed by atoms with Crippen LogP contribution >= 0.6 is 23.1 Å². The summed E-state index contributed by atoms with van der Waals surface area (Å²) < 4.78 is 0. The SMILES string of the molecule is CC(C)NC(=O)CSc1ccccc1C(=O)Nc1nc(-c2cccc([N+](=O)[O-])c2)cs1. The number of rotatable bonds is 8. The first-order valence-corrected chi connectivity index (χ1v) is 11.2. The number of non-ortho nitro benzene ring substituents is 1. The minimum Gasteiger partial charge on any atom is -0.353 e. The third-order valence-electron chi connectivity index (χ3n) is 4.02. The average molecular weight is 457 g/mol. The number of aromatic nitrogens is 1. The molecule has 0 unspecified atom stereocenters. The van der Waals surface area contributed by atoms with Gasteiger partial charge in [0.25, 0.3) is 11.6 Å². The highest BCUT2D eigenvalue weighted by Crippen LogP contribution is 2.29. The van der Waals surface area contributed by atoms with E-state index in [0.717, 1.165) is 0 Å². The first kappa shape index (κ1) is 22.4. The summed E-state index contributed by atoms with van der Waals surface area (Å²) in [6.07, 6.45) is 0. The second-order valence-corrected chi connectivity index (χ2v) is 8.68. The molecule has 10 heteroatoms. The van der Waals surface area contributed by atoms with Crippen molar-refractivity contribution in [2.75, 3.05) is 11.1 Å². The molecule has 0 saturated heterocycles. The lowest BCUT2D eigenvalue weighted by Gasteiger charge is -2.10. The second-order valence-electron chi connectivity index (χ2n) is 6.81. The summed E-state index contributed by atoms with van der Waals surface area (Å²) in [6.45, 7) is 3.78. The molecular weight excluding hydrogens is 436 g/mol. The molecule has 3 rings (SSSR count). The molecule has 2 N–H and O–H groups in total. The molecule has 0 fully saturated rings. The van der Waals surface area contributed by atoms with E-state index >= 15 is 0 Å². The molecule has 0 aliphatic carbocycles. The zero-order valence-electron chi connectivity index (χ0n) is 16.8. The van der Waals surface area contributed by atoms with Crippen molar-refractivity contribution < 1.29 is 14.5 Å². The van der Waals surface area contributed by atoms with Gasteiger partial charge < -0.3 is 5.32 Å². The van der Waals surface area contributed by atoms with E-state index in [1.807, 2.05) is 19.9 Å². The number of hydrogen-bond acceptors (Lipinski definition) is 7. The monoisotopic (exact) mass is 456 g/mol. The number of carbonyl (C=O) groups excluding carboxylic acids is 2. The van der Waals surface area contributed by atoms with Crippen molar-refractivity contribution in [3.8, 4) is 11.3 Å². The Labute approximate surface area is 187 Å². The molecule has 160 valence electrons. The van der Waals surface area contributed by atoms with Gasteiger partial charge in [-0.1, -0.05) is 24.3 Å².